The number of likely N-dealkylation sites (N-methyl/N-ethyl adjacent to an activating group) is 1. The molecule has 0 aromatic rings. The molecule has 3 rings (SSSR count). The van der Waals surface area contributed by atoms with Crippen molar-refractivity contribution in [3.63, 3.8) is 0 Å². The summed E-state index contributed by atoms with van der Waals surface area (Å²) in [7, 11) is 1.74. The van der Waals surface area contributed by atoms with Crippen molar-refractivity contribution >= 4 is 29.5 Å². The molecule has 0 aromatic heterocycles. The zero-order valence-electron chi connectivity index (χ0n) is 20.4. The SMILES string of the molecule is C=CCN(C)C(=O)[C@@H]1[C@@H]2CC(C)C3(S2)C(C(=O)N(CC=C)C(C)CCC)N(CCO)C(=O)[C@H]13. The molecule has 0 aliphatic carbocycles. The molecule has 0 aromatic carbocycles. The van der Waals surface area contributed by atoms with Crippen LogP contribution in [0, 0.1) is 17.8 Å². The van der Waals surface area contributed by atoms with Crippen LogP contribution in [0.1, 0.15) is 40.0 Å². The number of likely N-dealkylation sites (tertiary alicyclic amines) is 1. The topological polar surface area (TPSA) is 81.2 Å². The van der Waals surface area contributed by atoms with Gasteiger partial charge < -0.3 is 19.8 Å². The Hall–Kier alpha value is -1.80. The third kappa shape index (κ3) is 4.03. The van der Waals surface area contributed by atoms with Gasteiger partial charge >= 0.3 is 0 Å². The number of nitrogens with zero attached hydrogens (tertiary/aromatic N) is 3. The third-order valence-corrected chi connectivity index (χ3v) is 9.81. The van der Waals surface area contributed by atoms with E-state index in [-0.39, 0.29) is 48.1 Å². The normalized spacial score (nSPS) is 33.1. The second-order valence-corrected chi connectivity index (χ2v) is 11.3. The first-order valence-corrected chi connectivity index (χ1v) is 12.9. The van der Waals surface area contributed by atoms with E-state index in [2.05, 4.69) is 27.0 Å². The second-order valence-electron chi connectivity index (χ2n) is 9.73. The molecule has 3 saturated heterocycles. The molecule has 2 bridgehead atoms. The molecule has 4 unspecified atom stereocenters. The van der Waals surface area contributed by atoms with Crippen molar-refractivity contribution < 1.29 is 19.5 Å². The lowest BCUT2D eigenvalue weighted by Crippen LogP contribution is -2.59. The highest BCUT2D eigenvalue weighted by Crippen LogP contribution is 2.68. The monoisotopic (exact) mass is 477 g/mol. The number of fused-ring (bicyclic) bond motifs is 1. The zero-order valence-corrected chi connectivity index (χ0v) is 21.2. The summed E-state index contributed by atoms with van der Waals surface area (Å²) in [5.74, 6) is -1.21. The molecule has 184 valence electrons. The van der Waals surface area contributed by atoms with Gasteiger partial charge in [0.15, 0.2) is 0 Å². The van der Waals surface area contributed by atoms with Crippen molar-refractivity contribution in [1.82, 2.24) is 14.7 Å². The summed E-state index contributed by atoms with van der Waals surface area (Å²) >= 11 is 1.67. The molecule has 7 nitrogen and oxygen atoms in total. The molecule has 1 N–H and O–H groups in total. The van der Waals surface area contributed by atoms with Gasteiger partial charge in [0.05, 0.1) is 23.2 Å². The van der Waals surface area contributed by atoms with Crippen LogP contribution in [-0.4, -0.2) is 92.9 Å². The lowest BCUT2D eigenvalue weighted by molar-refractivity contribution is -0.145. The number of thioether (sulfide) groups is 1. The van der Waals surface area contributed by atoms with Crippen LogP contribution in [0.4, 0.5) is 0 Å². The first-order valence-electron chi connectivity index (χ1n) is 12.1. The minimum atomic E-state index is -0.686. The van der Waals surface area contributed by atoms with Crippen molar-refractivity contribution in [1.29, 1.82) is 0 Å². The molecule has 33 heavy (non-hydrogen) atoms. The minimum Gasteiger partial charge on any atom is -0.395 e. The van der Waals surface area contributed by atoms with Gasteiger partial charge in [-0.25, -0.2) is 0 Å². The average molecular weight is 478 g/mol. The van der Waals surface area contributed by atoms with Crippen molar-refractivity contribution in [3.8, 4) is 0 Å². The number of carbonyl (C=O) groups excluding carboxylic acids is 3. The molecule has 1 spiro atoms. The summed E-state index contributed by atoms with van der Waals surface area (Å²) in [6.45, 7) is 14.5. The number of amides is 3. The van der Waals surface area contributed by atoms with Crippen molar-refractivity contribution in [3.05, 3.63) is 25.3 Å². The molecular weight excluding hydrogens is 438 g/mol. The van der Waals surface area contributed by atoms with E-state index in [1.54, 1.807) is 40.8 Å². The van der Waals surface area contributed by atoms with E-state index in [4.69, 9.17) is 0 Å². The van der Waals surface area contributed by atoms with Gasteiger partial charge in [0.1, 0.15) is 6.04 Å². The zero-order chi connectivity index (χ0) is 24.5. The highest BCUT2D eigenvalue weighted by molar-refractivity contribution is 8.02. The molecular formula is C25H39N3O4S. The molecule has 7 atom stereocenters. The Morgan fingerprint density at radius 3 is 2.55 bits per heavy atom. The standard InChI is InChI=1S/C25H39N3O4S/c1-7-10-17(5)27(12-9-3)24(32)21-25-16(4)15-18(33-25)19(22(30)26(6)11-8-2)20(25)23(31)28(21)13-14-29/h8-9,16-21,29H,2-3,7,10-15H2,1,4-6H3/t16?,17?,18-,19+,20-,21?,25?/m0/s1. The predicted octanol–water partition coefficient (Wildman–Crippen LogP) is 2.16. The smallest absolute Gasteiger partial charge is 0.247 e. The molecule has 3 heterocycles. The summed E-state index contributed by atoms with van der Waals surface area (Å²) in [4.78, 5) is 46.4. The van der Waals surface area contributed by atoms with Crippen LogP contribution in [-0.2, 0) is 14.4 Å². The number of aliphatic hydroxyl groups is 1. The van der Waals surface area contributed by atoms with E-state index >= 15 is 0 Å². The Balaban J connectivity index is 2.06. The highest BCUT2D eigenvalue weighted by atomic mass is 32.2. The van der Waals surface area contributed by atoms with Gasteiger partial charge in [-0.3, -0.25) is 14.4 Å². The molecule has 8 heteroatoms. The van der Waals surface area contributed by atoms with Crippen LogP contribution in [0.3, 0.4) is 0 Å². The van der Waals surface area contributed by atoms with E-state index in [1.165, 1.54) is 0 Å². The Bertz CT molecular complexity index is 805. The number of hydrogen-bond donors (Lipinski definition) is 1. The number of aliphatic hydroxyl groups excluding tert-OH is 1. The Morgan fingerprint density at radius 2 is 1.97 bits per heavy atom. The van der Waals surface area contributed by atoms with Crippen LogP contribution in [0.25, 0.3) is 0 Å². The van der Waals surface area contributed by atoms with E-state index in [9.17, 15) is 19.5 Å². The van der Waals surface area contributed by atoms with Gasteiger partial charge in [0, 0.05) is 38.0 Å². The van der Waals surface area contributed by atoms with E-state index in [1.807, 2.05) is 11.8 Å². The lowest BCUT2D eigenvalue weighted by Gasteiger charge is -2.42. The van der Waals surface area contributed by atoms with Gasteiger partial charge in [0.25, 0.3) is 0 Å². The summed E-state index contributed by atoms with van der Waals surface area (Å²) in [5.41, 5.74) is 0. The van der Waals surface area contributed by atoms with E-state index in [0.29, 0.717) is 13.1 Å². The van der Waals surface area contributed by atoms with Gasteiger partial charge in [-0.05, 0) is 25.7 Å². The molecule has 0 radical (unpaired) electrons. The Kier molecular flexibility index (Phi) is 7.99. The quantitative estimate of drug-likeness (QED) is 0.461. The fraction of sp³-hybridized carbons (Fsp3) is 0.720. The van der Waals surface area contributed by atoms with Crippen molar-refractivity contribution in [2.24, 2.45) is 17.8 Å². The van der Waals surface area contributed by atoms with Crippen LogP contribution in [0.2, 0.25) is 0 Å². The predicted molar refractivity (Wildman–Crippen MR) is 132 cm³/mol. The van der Waals surface area contributed by atoms with Gasteiger partial charge in [-0.1, -0.05) is 32.4 Å². The summed E-state index contributed by atoms with van der Waals surface area (Å²) < 4.78 is -0.658. The van der Waals surface area contributed by atoms with Gasteiger partial charge in [-0.2, -0.15) is 0 Å². The van der Waals surface area contributed by atoms with Crippen molar-refractivity contribution in [2.45, 2.75) is 62.1 Å². The van der Waals surface area contributed by atoms with Crippen molar-refractivity contribution in [2.75, 3.05) is 33.3 Å². The molecule has 3 aliphatic heterocycles. The maximum atomic E-state index is 14.1. The summed E-state index contributed by atoms with van der Waals surface area (Å²) in [6.07, 6.45) is 6.01. The highest BCUT2D eigenvalue weighted by Gasteiger charge is 2.76. The first kappa shape index (κ1) is 25.8. The number of carbonyl (C=O) groups is 3. The fourth-order valence-electron chi connectivity index (χ4n) is 6.32. The van der Waals surface area contributed by atoms with Gasteiger partial charge in [0.2, 0.25) is 17.7 Å². The molecule has 3 fully saturated rings. The third-order valence-electron chi connectivity index (χ3n) is 7.73. The Labute approximate surface area is 202 Å². The van der Waals surface area contributed by atoms with Crippen LogP contribution < -0.4 is 0 Å². The summed E-state index contributed by atoms with van der Waals surface area (Å²) in [6, 6.07) is -0.675. The number of rotatable bonds is 11. The lowest BCUT2D eigenvalue weighted by atomic mass is 9.65. The average Bonchev–Trinajstić information content (AvgIpc) is 3.36. The summed E-state index contributed by atoms with van der Waals surface area (Å²) in [5, 5.41) is 9.80. The van der Waals surface area contributed by atoms with E-state index < -0.39 is 22.6 Å². The molecule has 3 amide bonds. The van der Waals surface area contributed by atoms with Crippen LogP contribution in [0.5, 0.6) is 0 Å². The fourth-order valence-corrected chi connectivity index (χ4v) is 8.73. The number of β-amino-alcohol motifs (C(OH)–C–C–N with tert-alkyl or cyclic N) is 1. The maximum absolute atomic E-state index is 14.1. The van der Waals surface area contributed by atoms with Crippen LogP contribution in [0.15, 0.2) is 25.3 Å². The molecule has 3 aliphatic rings. The maximum Gasteiger partial charge on any atom is 0.247 e. The Morgan fingerprint density at radius 1 is 1.30 bits per heavy atom. The second kappa shape index (κ2) is 10.2. The minimum absolute atomic E-state index is 0.0112. The van der Waals surface area contributed by atoms with Gasteiger partial charge in [-0.15, -0.1) is 24.9 Å². The largest absolute Gasteiger partial charge is 0.395 e. The molecule has 0 saturated carbocycles. The number of hydrogen-bond acceptors (Lipinski definition) is 5. The van der Waals surface area contributed by atoms with Crippen LogP contribution >= 0.6 is 11.8 Å². The van der Waals surface area contributed by atoms with E-state index in [0.717, 1.165) is 19.3 Å². The first-order chi connectivity index (χ1) is 15.7.